The van der Waals surface area contributed by atoms with Gasteiger partial charge >= 0.3 is 6.09 Å². The maximum Gasteiger partial charge on any atom is 0.408 e. The zero-order chi connectivity index (χ0) is 23.2. The Bertz CT molecular complexity index is 1180. The molecule has 1 saturated carbocycles. The number of carbonyl (C=O) groups excluding carboxylic acids is 1. The van der Waals surface area contributed by atoms with Gasteiger partial charge in [0.15, 0.2) is 23.7 Å². The average molecular weight is 480 g/mol. The molecule has 0 unspecified atom stereocenters. The second kappa shape index (κ2) is 8.43. The number of hydrogen-bond donors (Lipinski definition) is 3. The van der Waals surface area contributed by atoms with Crippen LogP contribution in [0.15, 0.2) is 18.5 Å². The molecule has 0 bridgehead atoms. The molecule has 1 amide bonds. The van der Waals surface area contributed by atoms with Crippen molar-refractivity contribution in [1.29, 1.82) is 0 Å². The predicted molar refractivity (Wildman–Crippen MR) is 115 cm³/mol. The topological polar surface area (TPSA) is 128 Å². The third-order valence-electron chi connectivity index (χ3n) is 5.68. The summed E-state index contributed by atoms with van der Waals surface area (Å²) in [5, 5.41) is 13.1. The summed E-state index contributed by atoms with van der Waals surface area (Å²) >= 11 is 6.21. The highest BCUT2D eigenvalue weighted by Crippen LogP contribution is 2.36. The predicted octanol–water partition coefficient (Wildman–Crippen LogP) is 3.05. The van der Waals surface area contributed by atoms with Gasteiger partial charge in [-0.25, -0.2) is 19.2 Å². The van der Waals surface area contributed by atoms with E-state index in [1.165, 1.54) is 6.20 Å². The monoisotopic (exact) mass is 479 g/mol. The molecule has 33 heavy (non-hydrogen) atoms. The minimum absolute atomic E-state index is 0.0472. The van der Waals surface area contributed by atoms with Gasteiger partial charge < -0.3 is 24.8 Å². The highest BCUT2D eigenvalue weighted by Gasteiger charge is 2.44. The molecule has 176 valence electrons. The lowest BCUT2D eigenvalue weighted by atomic mass is 10.1. The van der Waals surface area contributed by atoms with Crippen LogP contribution >= 0.6 is 11.6 Å². The fourth-order valence-corrected chi connectivity index (χ4v) is 3.81. The number of fused-ring (bicyclic) bond motifs is 1. The van der Waals surface area contributed by atoms with E-state index >= 15 is 0 Å². The molecule has 0 radical (unpaired) electrons. The van der Waals surface area contributed by atoms with E-state index in [0.717, 1.165) is 12.8 Å². The van der Waals surface area contributed by atoms with Crippen molar-refractivity contribution < 1.29 is 23.4 Å². The van der Waals surface area contributed by atoms with Crippen LogP contribution in [-0.4, -0.2) is 62.2 Å². The SMILES string of the molecule is COCc1cn2c(Nc3cc([C@@H]4OC[C@H](OC(=O)NC5(C)CC5)[C@H]4F)[nH]n3)ncc(Cl)c2n1. The summed E-state index contributed by atoms with van der Waals surface area (Å²) in [5.41, 5.74) is 1.36. The minimum Gasteiger partial charge on any atom is -0.441 e. The average Bonchev–Trinajstić information content (AvgIpc) is 3.15. The maximum atomic E-state index is 15.0. The quantitative estimate of drug-likeness (QED) is 0.471. The van der Waals surface area contributed by atoms with Gasteiger partial charge in [-0.05, 0) is 19.8 Å². The molecule has 13 heteroatoms. The first-order chi connectivity index (χ1) is 15.8. The summed E-state index contributed by atoms with van der Waals surface area (Å²) in [5.74, 6) is 0.806. The van der Waals surface area contributed by atoms with E-state index < -0.39 is 24.5 Å². The molecule has 3 aromatic rings. The van der Waals surface area contributed by atoms with Crippen LogP contribution in [0.5, 0.6) is 0 Å². The number of imidazole rings is 1. The van der Waals surface area contributed by atoms with Crippen LogP contribution < -0.4 is 10.6 Å². The number of amides is 1. The van der Waals surface area contributed by atoms with E-state index in [0.29, 0.717) is 40.4 Å². The number of carbonyl (C=O) groups is 1. The van der Waals surface area contributed by atoms with Crippen LogP contribution in [0.4, 0.5) is 21.0 Å². The number of hydrogen-bond acceptors (Lipinski definition) is 8. The van der Waals surface area contributed by atoms with Gasteiger partial charge in [-0.15, -0.1) is 0 Å². The first kappa shape index (κ1) is 21.9. The normalized spacial score (nSPS) is 23.6. The van der Waals surface area contributed by atoms with E-state index in [9.17, 15) is 9.18 Å². The fraction of sp³-hybridized carbons (Fsp3) is 0.500. The number of aromatic nitrogens is 5. The zero-order valence-electron chi connectivity index (χ0n) is 18.0. The zero-order valence-corrected chi connectivity index (χ0v) is 18.7. The van der Waals surface area contributed by atoms with Crippen molar-refractivity contribution in [2.75, 3.05) is 19.0 Å². The summed E-state index contributed by atoms with van der Waals surface area (Å²) in [6.07, 6.45) is 0.879. The van der Waals surface area contributed by atoms with Gasteiger partial charge in [-0.2, -0.15) is 5.10 Å². The Morgan fingerprint density at radius 3 is 3.06 bits per heavy atom. The summed E-state index contributed by atoms with van der Waals surface area (Å²) in [4.78, 5) is 20.7. The summed E-state index contributed by atoms with van der Waals surface area (Å²) < 4.78 is 32.5. The van der Waals surface area contributed by atoms with Crippen LogP contribution in [-0.2, 0) is 20.8 Å². The third kappa shape index (κ3) is 4.45. The Hall–Kier alpha value is -2.96. The van der Waals surface area contributed by atoms with Crippen molar-refractivity contribution in [2.45, 2.75) is 50.3 Å². The second-order valence-corrected chi connectivity index (χ2v) is 8.86. The summed E-state index contributed by atoms with van der Waals surface area (Å²) in [7, 11) is 1.58. The van der Waals surface area contributed by atoms with E-state index in [4.69, 9.17) is 25.8 Å². The molecule has 3 atom stereocenters. The van der Waals surface area contributed by atoms with Gasteiger partial charge in [0.1, 0.15) is 11.1 Å². The smallest absolute Gasteiger partial charge is 0.408 e. The molecular weight excluding hydrogens is 457 g/mol. The van der Waals surface area contributed by atoms with Gasteiger partial charge in [0.2, 0.25) is 5.95 Å². The molecule has 3 aromatic heterocycles. The molecular formula is C20H23ClFN7O4. The molecule has 4 heterocycles. The largest absolute Gasteiger partial charge is 0.441 e. The molecule has 2 aliphatic rings. The van der Waals surface area contributed by atoms with Gasteiger partial charge in [0.25, 0.3) is 0 Å². The highest BCUT2D eigenvalue weighted by atomic mass is 35.5. The number of alkyl carbamates (subject to hydrolysis) is 1. The van der Waals surface area contributed by atoms with E-state index in [1.54, 1.807) is 23.8 Å². The number of nitrogens with one attached hydrogen (secondary N) is 3. The first-order valence-corrected chi connectivity index (χ1v) is 10.8. The Morgan fingerprint density at radius 1 is 1.48 bits per heavy atom. The second-order valence-electron chi connectivity index (χ2n) is 8.45. The summed E-state index contributed by atoms with van der Waals surface area (Å²) in [6, 6.07) is 1.61. The van der Waals surface area contributed by atoms with Crippen LogP contribution in [0.3, 0.4) is 0 Å². The van der Waals surface area contributed by atoms with Crippen LogP contribution in [0.2, 0.25) is 5.02 Å². The Kier molecular flexibility index (Phi) is 5.59. The number of H-pyrrole nitrogens is 1. The van der Waals surface area contributed by atoms with E-state index in [1.807, 2.05) is 6.92 Å². The Morgan fingerprint density at radius 2 is 2.30 bits per heavy atom. The lowest BCUT2D eigenvalue weighted by Crippen LogP contribution is -2.39. The van der Waals surface area contributed by atoms with Crippen molar-refractivity contribution in [1.82, 2.24) is 29.9 Å². The number of aromatic amines is 1. The van der Waals surface area contributed by atoms with Crippen LogP contribution in [0.25, 0.3) is 5.65 Å². The van der Waals surface area contributed by atoms with Crippen molar-refractivity contribution in [3.63, 3.8) is 0 Å². The van der Waals surface area contributed by atoms with Crippen LogP contribution in [0, 0.1) is 0 Å². The van der Waals surface area contributed by atoms with Crippen molar-refractivity contribution in [3.8, 4) is 0 Å². The van der Waals surface area contributed by atoms with E-state index in [-0.39, 0.29) is 12.1 Å². The molecule has 0 spiro atoms. The molecule has 2 fully saturated rings. The van der Waals surface area contributed by atoms with Crippen molar-refractivity contribution in [3.05, 3.63) is 34.9 Å². The molecule has 0 aromatic carbocycles. The Balaban J connectivity index is 1.27. The molecule has 3 N–H and O–H groups in total. The van der Waals surface area contributed by atoms with Crippen molar-refractivity contribution in [2.24, 2.45) is 0 Å². The van der Waals surface area contributed by atoms with Crippen molar-refractivity contribution >= 4 is 35.1 Å². The molecule has 1 saturated heterocycles. The fourth-order valence-electron chi connectivity index (χ4n) is 3.63. The van der Waals surface area contributed by atoms with Gasteiger partial charge in [0, 0.05) is 24.9 Å². The first-order valence-electron chi connectivity index (χ1n) is 10.4. The maximum absolute atomic E-state index is 15.0. The lowest BCUT2D eigenvalue weighted by Gasteiger charge is -2.17. The molecule has 11 nitrogen and oxygen atoms in total. The minimum atomic E-state index is -1.54. The van der Waals surface area contributed by atoms with Gasteiger partial charge in [-0.1, -0.05) is 11.6 Å². The number of alkyl halides is 1. The van der Waals surface area contributed by atoms with Crippen LogP contribution in [0.1, 0.15) is 37.3 Å². The number of nitrogens with zero attached hydrogens (tertiary/aromatic N) is 4. The number of halogens is 2. The lowest BCUT2D eigenvalue weighted by molar-refractivity contribution is 0.0604. The standard InChI is InChI=1S/C20H23ClFN7O4/c1-20(3-4-20)26-19(30)33-13-9-32-16(15(13)22)12-5-14(28-27-12)25-18-23-6-11(21)17-24-10(8-31-2)7-29(17)18/h5-7,13,15-16H,3-4,8-9H2,1-2H3,(H,26,30)(H2,23,25,27,28)/t13-,15+,16-/m0/s1. The number of rotatable bonds is 7. The molecule has 5 rings (SSSR count). The molecule has 1 aliphatic carbocycles. The van der Waals surface area contributed by atoms with E-state index in [2.05, 4.69) is 30.8 Å². The van der Waals surface area contributed by atoms with Gasteiger partial charge in [-0.3, -0.25) is 9.50 Å². The highest BCUT2D eigenvalue weighted by molar-refractivity contribution is 6.33. The number of ether oxygens (including phenoxy) is 3. The summed E-state index contributed by atoms with van der Waals surface area (Å²) in [6.45, 7) is 2.19. The third-order valence-corrected chi connectivity index (χ3v) is 5.95. The van der Waals surface area contributed by atoms with Gasteiger partial charge in [0.05, 0.1) is 30.8 Å². The number of methoxy groups -OCH3 is 1. The number of anilines is 2. The Labute approximate surface area is 193 Å². The molecule has 1 aliphatic heterocycles.